The second kappa shape index (κ2) is 5.09. The summed E-state index contributed by atoms with van der Waals surface area (Å²) in [6.07, 6.45) is -2.40. The molecule has 0 spiro atoms. The van der Waals surface area contributed by atoms with E-state index < -0.39 is 18.8 Å². The van der Waals surface area contributed by atoms with Gasteiger partial charge in [0.15, 0.2) is 0 Å². The van der Waals surface area contributed by atoms with E-state index >= 15 is 0 Å². The Labute approximate surface area is 95.1 Å². The van der Waals surface area contributed by atoms with E-state index in [2.05, 4.69) is 15.9 Å². The molecule has 0 bridgehead atoms. The molecule has 1 aromatic rings. The molecule has 0 aromatic heterocycles. The lowest BCUT2D eigenvalue weighted by Crippen LogP contribution is -2.22. The van der Waals surface area contributed by atoms with Crippen molar-refractivity contribution in [2.45, 2.75) is 12.2 Å². The van der Waals surface area contributed by atoms with Crippen LogP contribution in [0.3, 0.4) is 0 Å². The average molecular weight is 282 g/mol. The van der Waals surface area contributed by atoms with Crippen LogP contribution < -0.4 is 0 Å². The summed E-state index contributed by atoms with van der Waals surface area (Å²) in [5.41, 5.74) is 0.391. The summed E-state index contributed by atoms with van der Waals surface area (Å²) in [7, 11) is 0. The number of aliphatic hydroxyl groups is 3. The maximum Gasteiger partial charge on any atom is 0.109 e. The largest absolute Gasteiger partial charge is 0.394 e. The van der Waals surface area contributed by atoms with E-state index in [0.29, 0.717) is 10.6 Å². The standard InChI is InChI=1S/C9H10BrClO3/c10-5-1-2-7(11)6(3-5)9(14)8(13)4-12/h1-3,8-9,12-14H,4H2. The van der Waals surface area contributed by atoms with Crippen LogP contribution in [0.5, 0.6) is 0 Å². The van der Waals surface area contributed by atoms with E-state index in [0.717, 1.165) is 4.47 Å². The Morgan fingerprint density at radius 2 is 2.00 bits per heavy atom. The third-order valence-corrected chi connectivity index (χ3v) is 2.67. The second-order valence-corrected chi connectivity index (χ2v) is 4.18. The van der Waals surface area contributed by atoms with E-state index in [-0.39, 0.29) is 0 Å². The third-order valence-electron chi connectivity index (χ3n) is 1.83. The Balaban J connectivity index is 2.99. The molecular weight excluding hydrogens is 271 g/mol. The van der Waals surface area contributed by atoms with Gasteiger partial charge in [-0.1, -0.05) is 27.5 Å². The zero-order valence-electron chi connectivity index (χ0n) is 7.19. The molecule has 0 aliphatic rings. The minimum atomic E-state index is -1.22. The predicted octanol–water partition coefficient (Wildman–Crippen LogP) is 1.49. The Morgan fingerprint density at radius 1 is 1.36 bits per heavy atom. The molecular formula is C9H10BrClO3. The molecule has 0 aliphatic carbocycles. The fourth-order valence-electron chi connectivity index (χ4n) is 1.05. The quantitative estimate of drug-likeness (QED) is 0.787. The maximum absolute atomic E-state index is 9.58. The van der Waals surface area contributed by atoms with Gasteiger partial charge in [-0.15, -0.1) is 0 Å². The summed E-state index contributed by atoms with van der Waals surface area (Å²) in [6.45, 7) is -0.510. The molecule has 1 rings (SSSR count). The molecule has 78 valence electrons. The van der Waals surface area contributed by atoms with Gasteiger partial charge < -0.3 is 15.3 Å². The molecule has 0 heterocycles. The highest BCUT2D eigenvalue weighted by atomic mass is 79.9. The lowest BCUT2D eigenvalue weighted by molar-refractivity contribution is -0.0152. The van der Waals surface area contributed by atoms with Crippen molar-refractivity contribution in [3.63, 3.8) is 0 Å². The first kappa shape index (κ1) is 11.9. The molecule has 3 N–H and O–H groups in total. The molecule has 0 saturated heterocycles. The van der Waals surface area contributed by atoms with E-state index in [4.69, 9.17) is 16.7 Å². The minimum Gasteiger partial charge on any atom is -0.394 e. The summed E-state index contributed by atoms with van der Waals surface area (Å²) < 4.78 is 0.751. The van der Waals surface area contributed by atoms with E-state index in [1.54, 1.807) is 18.2 Å². The summed E-state index contributed by atoms with van der Waals surface area (Å²) >= 11 is 9.04. The van der Waals surface area contributed by atoms with Crippen LogP contribution in [0, 0.1) is 0 Å². The summed E-state index contributed by atoms with van der Waals surface area (Å²) in [4.78, 5) is 0. The van der Waals surface area contributed by atoms with Crippen LogP contribution in [0.25, 0.3) is 0 Å². The van der Waals surface area contributed by atoms with Gasteiger partial charge in [0.2, 0.25) is 0 Å². The van der Waals surface area contributed by atoms with Crippen molar-refractivity contribution >= 4 is 27.5 Å². The van der Waals surface area contributed by atoms with Crippen molar-refractivity contribution in [2.24, 2.45) is 0 Å². The fourth-order valence-corrected chi connectivity index (χ4v) is 1.66. The zero-order valence-corrected chi connectivity index (χ0v) is 9.53. The molecule has 3 nitrogen and oxygen atoms in total. The van der Waals surface area contributed by atoms with Crippen LogP contribution in [0.2, 0.25) is 5.02 Å². The smallest absolute Gasteiger partial charge is 0.109 e. The van der Waals surface area contributed by atoms with Gasteiger partial charge in [-0.25, -0.2) is 0 Å². The lowest BCUT2D eigenvalue weighted by Gasteiger charge is -2.17. The lowest BCUT2D eigenvalue weighted by atomic mass is 10.1. The number of rotatable bonds is 3. The molecule has 1 aromatic carbocycles. The first-order chi connectivity index (χ1) is 6.56. The van der Waals surface area contributed by atoms with Crippen molar-refractivity contribution in [2.75, 3.05) is 6.61 Å². The first-order valence-electron chi connectivity index (χ1n) is 3.98. The van der Waals surface area contributed by atoms with Crippen LogP contribution in [-0.4, -0.2) is 28.0 Å². The fraction of sp³-hybridized carbons (Fsp3) is 0.333. The summed E-state index contributed by atoms with van der Waals surface area (Å²) in [6, 6.07) is 4.93. The van der Waals surface area contributed by atoms with Crippen LogP contribution >= 0.6 is 27.5 Å². The van der Waals surface area contributed by atoms with Crippen molar-refractivity contribution in [1.82, 2.24) is 0 Å². The number of benzene rings is 1. The van der Waals surface area contributed by atoms with Gasteiger partial charge in [0.1, 0.15) is 12.2 Å². The number of hydrogen-bond donors (Lipinski definition) is 3. The van der Waals surface area contributed by atoms with E-state index in [1.807, 2.05) is 0 Å². The minimum absolute atomic E-state index is 0.355. The SMILES string of the molecule is OCC(O)C(O)c1cc(Br)ccc1Cl. The Bertz CT molecular complexity index is 319. The monoisotopic (exact) mass is 280 g/mol. The van der Waals surface area contributed by atoms with Crippen molar-refractivity contribution in [3.8, 4) is 0 Å². The number of hydrogen-bond acceptors (Lipinski definition) is 3. The molecule has 0 fully saturated rings. The van der Waals surface area contributed by atoms with Crippen LogP contribution in [0.15, 0.2) is 22.7 Å². The van der Waals surface area contributed by atoms with Crippen LogP contribution in [-0.2, 0) is 0 Å². The molecule has 0 saturated carbocycles. The van der Waals surface area contributed by atoms with Crippen LogP contribution in [0.4, 0.5) is 0 Å². The number of halogens is 2. The summed E-state index contributed by atoms with van der Waals surface area (Å²) in [5.74, 6) is 0. The highest BCUT2D eigenvalue weighted by Gasteiger charge is 2.19. The normalized spacial score (nSPS) is 15.2. The Hall–Kier alpha value is -0.130. The van der Waals surface area contributed by atoms with Gasteiger partial charge in [-0.3, -0.25) is 0 Å². The Morgan fingerprint density at radius 3 is 2.57 bits per heavy atom. The highest BCUT2D eigenvalue weighted by Crippen LogP contribution is 2.28. The van der Waals surface area contributed by atoms with Crippen molar-refractivity contribution in [1.29, 1.82) is 0 Å². The first-order valence-corrected chi connectivity index (χ1v) is 5.15. The van der Waals surface area contributed by atoms with Gasteiger partial charge in [-0.2, -0.15) is 0 Å². The molecule has 0 aliphatic heterocycles. The topological polar surface area (TPSA) is 60.7 Å². The zero-order chi connectivity index (χ0) is 10.7. The Kier molecular flexibility index (Phi) is 4.34. The van der Waals surface area contributed by atoms with Gasteiger partial charge >= 0.3 is 0 Å². The molecule has 0 radical (unpaired) electrons. The number of aliphatic hydroxyl groups excluding tert-OH is 3. The van der Waals surface area contributed by atoms with Gasteiger partial charge in [-0.05, 0) is 18.2 Å². The second-order valence-electron chi connectivity index (χ2n) is 2.86. The maximum atomic E-state index is 9.58. The van der Waals surface area contributed by atoms with Gasteiger partial charge in [0.25, 0.3) is 0 Å². The van der Waals surface area contributed by atoms with Crippen LogP contribution in [0.1, 0.15) is 11.7 Å². The van der Waals surface area contributed by atoms with Crippen molar-refractivity contribution < 1.29 is 15.3 Å². The third kappa shape index (κ3) is 2.68. The average Bonchev–Trinajstić information content (AvgIpc) is 2.19. The highest BCUT2D eigenvalue weighted by molar-refractivity contribution is 9.10. The molecule has 14 heavy (non-hydrogen) atoms. The van der Waals surface area contributed by atoms with Crippen molar-refractivity contribution in [3.05, 3.63) is 33.3 Å². The predicted molar refractivity (Wildman–Crippen MR) is 57.2 cm³/mol. The molecule has 2 unspecified atom stereocenters. The summed E-state index contributed by atoms with van der Waals surface area (Å²) in [5, 5.41) is 27.8. The van der Waals surface area contributed by atoms with E-state index in [9.17, 15) is 10.2 Å². The molecule has 2 atom stereocenters. The van der Waals surface area contributed by atoms with Gasteiger partial charge in [0, 0.05) is 15.1 Å². The van der Waals surface area contributed by atoms with E-state index in [1.165, 1.54) is 0 Å². The van der Waals surface area contributed by atoms with Gasteiger partial charge in [0.05, 0.1) is 6.61 Å². The molecule has 5 heteroatoms. The molecule has 0 amide bonds.